The first-order valence-electron chi connectivity index (χ1n) is 7.93. The van der Waals surface area contributed by atoms with Gasteiger partial charge in [-0.2, -0.15) is 0 Å². The second-order valence-corrected chi connectivity index (χ2v) is 6.83. The van der Waals surface area contributed by atoms with E-state index in [4.69, 9.17) is 0 Å². The third-order valence-electron chi connectivity index (χ3n) is 4.17. The standard InChI is InChI=1S/C21H24/c1-14(2)8-17-12-18-6-5-7-20(21(18)13-17)19-10-15(3)9-16(4)11-19/h5-7,9-11,13-14H,8,12H2,1-4H3. The quantitative estimate of drug-likeness (QED) is 0.649. The average molecular weight is 276 g/mol. The van der Waals surface area contributed by atoms with Crippen LogP contribution < -0.4 is 0 Å². The molecular weight excluding hydrogens is 252 g/mol. The number of hydrogen-bond acceptors (Lipinski definition) is 0. The van der Waals surface area contributed by atoms with E-state index < -0.39 is 0 Å². The average Bonchev–Trinajstić information content (AvgIpc) is 2.78. The molecule has 1 aliphatic rings. The summed E-state index contributed by atoms with van der Waals surface area (Å²) in [5.41, 5.74) is 9.93. The zero-order valence-electron chi connectivity index (χ0n) is 13.5. The van der Waals surface area contributed by atoms with E-state index in [9.17, 15) is 0 Å². The minimum atomic E-state index is 0.732. The molecule has 0 spiro atoms. The van der Waals surface area contributed by atoms with Crippen LogP contribution in [0.15, 0.2) is 42.0 Å². The number of hydrogen-bond donors (Lipinski definition) is 0. The van der Waals surface area contributed by atoms with E-state index in [2.05, 4.69) is 70.2 Å². The van der Waals surface area contributed by atoms with Crippen LogP contribution in [0.3, 0.4) is 0 Å². The van der Waals surface area contributed by atoms with E-state index in [-0.39, 0.29) is 0 Å². The molecule has 108 valence electrons. The molecule has 0 fully saturated rings. The molecule has 0 amide bonds. The van der Waals surface area contributed by atoms with Gasteiger partial charge in [-0.1, -0.05) is 73.0 Å². The maximum atomic E-state index is 2.43. The monoisotopic (exact) mass is 276 g/mol. The zero-order chi connectivity index (χ0) is 15.0. The molecule has 0 heterocycles. The molecule has 0 nitrogen and oxygen atoms in total. The van der Waals surface area contributed by atoms with Gasteiger partial charge in [0.05, 0.1) is 0 Å². The lowest BCUT2D eigenvalue weighted by Gasteiger charge is -2.10. The first-order chi connectivity index (χ1) is 10.0. The summed E-state index contributed by atoms with van der Waals surface area (Å²) in [4.78, 5) is 0. The van der Waals surface area contributed by atoms with E-state index in [1.807, 2.05) is 0 Å². The van der Waals surface area contributed by atoms with Crippen molar-refractivity contribution in [1.82, 2.24) is 0 Å². The molecule has 21 heavy (non-hydrogen) atoms. The van der Waals surface area contributed by atoms with Gasteiger partial charge in [0.2, 0.25) is 0 Å². The summed E-state index contributed by atoms with van der Waals surface area (Å²) in [6.45, 7) is 8.96. The second-order valence-electron chi connectivity index (χ2n) is 6.83. The predicted molar refractivity (Wildman–Crippen MR) is 92.5 cm³/mol. The van der Waals surface area contributed by atoms with Gasteiger partial charge >= 0.3 is 0 Å². The first-order valence-corrected chi connectivity index (χ1v) is 7.93. The van der Waals surface area contributed by atoms with Crippen LogP contribution in [0.5, 0.6) is 0 Å². The van der Waals surface area contributed by atoms with Crippen LogP contribution in [-0.2, 0) is 6.42 Å². The lowest BCUT2D eigenvalue weighted by atomic mass is 9.95. The number of allylic oxidation sites excluding steroid dienone is 1. The highest BCUT2D eigenvalue weighted by atomic mass is 14.2. The molecule has 0 aliphatic heterocycles. The fourth-order valence-electron chi connectivity index (χ4n) is 3.47. The van der Waals surface area contributed by atoms with Gasteiger partial charge < -0.3 is 0 Å². The van der Waals surface area contributed by atoms with E-state index in [0.29, 0.717) is 0 Å². The maximum absolute atomic E-state index is 2.43. The lowest BCUT2D eigenvalue weighted by molar-refractivity contribution is 0.638. The number of rotatable bonds is 3. The highest BCUT2D eigenvalue weighted by Gasteiger charge is 2.17. The van der Waals surface area contributed by atoms with Crippen molar-refractivity contribution in [1.29, 1.82) is 0 Å². The van der Waals surface area contributed by atoms with Crippen LogP contribution >= 0.6 is 0 Å². The summed E-state index contributed by atoms with van der Waals surface area (Å²) in [7, 11) is 0. The zero-order valence-corrected chi connectivity index (χ0v) is 13.5. The molecule has 0 aromatic heterocycles. The molecular formula is C21H24. The van der Waals surface area contributed by atoms with Gasteiger partial charge in [-0.3, -0.25) is 0 Å². The Hall–Kier alpha value is -1.82. The van der Waals surface area contributed by atoms with E-state index >= 15 is 0 Å². The van der Waals surface area contributed by atoms with Gasteiger partial charge in [-0.15, -0.1) is 0 Å². The Morgan fingerprint density at radius 1 is 1.00 bits per heavy atom. The van der Waals surface area contributed by atoms with Crippen molar-refractivity contribution < 1.29 is 0 Å². The molecule has 0 bridgehead atoms. The Bertz CT molecular complexity index is 682. The van der Waals surface area contributed by atoms with Gasteiger partial charge in [0.1, 0.15) is 0 Å². The van der Waals surface area contributed by atoms with Crippen LogP contribution in [0.25, 0.3) is 17.2 Å². The molecule has 0 atom stereocenters. The summed E-state index contributed by atoms with van der Waals surface area (Å²) in [6.07, 6.45) is 4.77. The Morgan fingerprint density at radius 2 is 1.71 bits per heavy atom. The largest absolute Gasteiger partial charge is 0.0649 e. The molecule has 2 aromatic carbocycles. The highest BCUT2D eigenvalue weighted by Crippen LogP contribution is 2.36. The van der Waals surface area contributed by atoms with Crippen LogP contribution in [0.2, 0.25) is 0 Å². The second kappa shape index (κ2) is 5.52. The summed E-state index contributed by atoms with van der Waals surface area (Å²) in [6, 6.07) is 13.6. The Labute approximate surface area is 128 Å². The third kappa shape index (κ3) is 2.95. The van der Waals surface area contributed by atoms with Crippen molar-refractivity contribution in [3.63, 3.8) is 0 Å². The molecule has 0 N–H and O–H groups in total. The van der Waals surface area contributed by atoms with E-state index in [0.717, 1.165) is 12.3 Å². The number of aryl methyl sites for hydroxylation is 2. The Kier molecular flexibility index (Phi) is 3.71. The minimum absolute atomic E-state index is 0.732. The fraction of sp³-hybridized carbons (Fsp3) is 0.333. The van der Waals surface area contributed by atoms with Crippen LogP contribution in [0.4, 0.5) is 0 Å². The van der Waals surface area contributed by atoms with E-state index in [1.165, 1.54) is 39.8 Å². The van der Waals surface area contributed by atoms with Gasteiger partial charge in [0, 0.05) is 0 Å². The summed E-state index contributed by atoms with van der Waals surface area (Å²) in [5.74, 6) is 0.732. The Morgan fingerprint density at radius 3 is 2.38 bits per heavy atom. The Balaban J connectivity index is 2.06. The first kappa shape index (κ1) is 14.1. The van der Waals surface area contributed by atoms with Crippen molar-refractivity contribution in [2.24, 2.45) is 5.92 Å². The van der Waals surface area contributed by atoms with Crippen molar-refractivity contribution in [2.45, 2.75) is 40.5 Å². The summed E-state index contributed by atoms with van der Waals surface area (Å²) in [5, 5.41) is 0. The molecule has 0 unspecified atom stereocenters. The van der Waals surface area contributed by atoms with Crippen molar-refractivity contribution >= 4 is 6.08 Å². The summed E-state index contributed by atoms with van der Waals surface area (Å²) >= 11 is 0. The van der Waals surface area contributed by atoms with Gasteiger partial charge in [0.25, 0.3) is 0 Å². The molecule has 1 aliphatic carbocycles. The van der Waals surface area contributed by atoms with E-state index in [1.54, 1.807) is 5.57 Å². The topological polar surface area (TPSA) is 0 Å². The molecule has 3 rings (SSSR count). The minimum Gasteiger partial charge on any atom is -0.0649 e. The van der Waals surface area contributed by atoms with Crippen LogP contribution in [0.1, 0.15) is 42.5 Å². The molecule has 0 heteroatoms. The van der Waals surface area contributed by atoms with Gasteiger partial charge in [-0.25, -0.2) is 0 Å². The smallest absolute Gasteiger partial charge is 0.00575 e. The van der Waals surface area contributed by atoms with Crippen LogP contribution in [-0.4, -0.2) is 0 Å². The SMILES string of the molecule is Cc1cc(C)cc(-c2cccc3c2C=C(CC(C)C)C3)c1. The normalized spacial score (nSPS) is 13.5. The summed E-state index contributed by atoms with van der Waals surface area (Å²) < 4.78 is 0. The fourth-order valence-corrected chi connectivity index (χ4v) is 3.47. The third-order valence-corrected chi connectivity index (χ3v) is 4.17. The molecule has 0 radical (unpaired) electrons. The number of fused-ring (bicyclic) bond motifs is 1. The lowest BCUT2D eigenvalue weighted by Crippen LogP contribution is -1.91. The molecule has 0 saturated carbocycles. The predicted octanol–water partition coefficient (Wildman–Crippen LogP) is 5.96. The van der Waals surface area contributed by atoms with Gasteiger partial charge in [0.15, 0.2) is 0 Å². The maximum Gasteiger partial charge on any atom is -0.00575 e. The van der Waals surface area contributed by atoms with Crippen molar-refractivity contribution in [3.8, 4) is 11.1 Å². The van der Waals surface area contributed by atoms with Gasteiger partial charge in [-0.05, 0) is 54.9 Å². The van der Waals surface area contributed by atoms with Crippen LogP contribution in [0, 0.1) is 19.8 Å². The van der Waals surface area contributed by atoms with Crippen molar-refractivity contribution in [2.75, 3.05) is 0 Å². The highest BCUT2D eigenvalue weighted by molar-refractivity contribution is 5.81. The number of benzene rings is 2. The molecule has 2 aromatic rings. The molecule has 0 saturated heterocycles. The van der Waals surface area contributed by atoms with Crippen molar-refractivity contribution in [3.05, 3.63) is 64.2 Å².